The van der Waals surface area contributed by atoms with Gasteiger partial charge in [-0.15, -0.1) is 11.3 Å². The lowest BCUT2D eigenvalue weighted by molar-refractivity contribution is 0.309. The molecule has 1 aliphatic rings. The average Bonchev–Trinajstić information content (AvgIpc) is 2.98. The summed E-state index contributed by atoms with van der Waals surface area (Å²) in [6.45, 7) is 0.964. The van der Waals surface area contributed by atoms with Gasteiger partial charge in [0, 0.05) is 5.56 Å². The number of nitrogens with two attached hydrogens (primary N) is 1. The van der Waals surface area contributed by atoms with Crippen LogP contribution in [0.2, 0.25) is 0 Å². The van der Waals surface area contributed by atoms with Crippen molar-refractivity contribution < 1.29 is 4.74 Å². The van der Waals surface area contributed by atoms with Crippen molar-refractivity contribution in [1.82, 2.24) is 0 Å². The quantitative estimate of drug-likeness (QED) is 0.880. The van der Waals surface area contributed by atoms with Gasteiger partial charge in [0.15, 0.2) is 0 Å². The Morgan fingerprint density at radius 3 is 2.86 bits per heavy atom. The predicted molar refractivity (Wildman–Crippen MR) is 87.7 cm³/mol. The van der Waals surface area contributed by atoms with E-state index in [1.165, 1.54) is 36.8 Å². The van der Waals surface area contributed by atoms with Gasteiger partial charge >= 0.3 is 0 Å². The molecular formula is C18H19NOS. The van der Waals surface area contributed by atoms with Crippen molar-refractivity contribution in [3.05, 3.63) is 51.2 Å². The van der Waals surface area contributed by atoms with Crippen LogP contribution in [0.25, 0.3) is 0 Å². The molecule has 0 amide bonds. The molecular weight excluding hydrogens is 278 g/mol. The molecule has 108 valence electrons. The van der Waals surface area contributed by atoms with E-state index in [2.05, 4.69) is 30.0 Å². The molecule has 0 spiro atoms. The molecule has 2 N–H and O–H groups in total. The number of ether oxygens (including phenoxy) is 1. The van der Waals surface area contributed by atoms with Crippen LogP contribution in [0.15, 0.2) is 29.6 Å². The Kier molecular flexibility index (Phi) is 4.59. The van der Waals surface area contributed by atoms with Crippen LogP contribution in [-0.2, 0) is 19.4 Å². The monoisotopic (exact) mass is 297 g/mol. The summed E-state index contributed by atoms with van der Waals surface area (Å²) in [4.78, 5) is 1.16. The molecule has 0 saturated heterocycles. The molecule has 1 heterocycles. The average molecular weight is 297 g/mol. The molecule has 21 heavy (non-hydrogen) atoms. The topological polar surface area (TPSA) is 35.2 Å². The van der Waals surface area contributed by atoms with Crippen molar-refractivity contribution in [1.29, 1.82) is 0 Å². The molecule has 0 unspecified atom stereocenters. The van der Waals surface area contributed by atoms with E-state index in [4.69, 9.17) is 10.5 Å². The second kappa shape index (κ2) is 6.80. The Morgan fingerprint density at radius 1 is 1.14 bits per heavy atom. The lowest BCUT2D eigenvalue weighted by Crippen LogP contribution is -2.03. The van der Waals surface area contributed by atoms with E-state index in [0.29, 0.717) is 13.2 Å². The lowest BCUT2D eigenvalue weighted by atomic mass is 9.92. The highest BCUT2D eigenvalue weighted by atomic mass is 32.1. The van der Waals surface area contributed by atoms with Gasteiger partial charge in [-0.25, -0.2) is 0 Å². The minimum Gasteiger partial charge on any atom is -0.488 e. The highest BCUT2D eigenvalue weighted by Crippen LogP contribution is 2.26. The third-order valence-corrected chi connectivity index (χ3v) is 4.65. The molecule has 0 bridgehead atoms. The van der Waals surface area contributed by atoms with E-state index in [9.17, 15) is 0 Å². The Hall–Kier alpha value is -1.76. The second-order valence-corrected chi connectivity index (χ2v) is 6.19. The van der Waals surface area contributed by atoms with Crippen LogP contribution in [0.5, 0.6) is 5.75 Å². The van der Waals surface area contributed by atoms with Crippen LogP contribution in [0.4, 0.5) is 0 Å². The minimum atomic E-state index is 0.390. The zero-order chi connectivity index (χ0) is 14.5. The maximum absolute atomic E-state index is 5.95. The van der Waals surface area contributed by atoms with E-state index in [-0.39, 0.29) is 0 Å². The van der Waals surface area contributed by atoms with E-state index in [1.54, 1.807) is 11.3 Å². The molecule has 0 atom stereocenters. The van der Waals surface area contributed by atoms with Crippen molar-refractivity contribution in [2.75, 3.05) is 6.54 Å². The molecule has 3 rings (SSSR count). The third kappa shape index (κ3) is 3.47. The van der Waals surface area contributed by atoms with Crippen molar-refractivity contribution >= 4 is 11.3 Å². The fourth-order valence-corrected chi connectivity index (χ4v) is 3.40. The number of aryl methyl sites for hydroxylation is 2. The molecule has 0 fully saturated rings. The lowest BCUT2D eigenvalue weighted by Gasteiger charge is -2.16. The number of hydrogen-bond donors (Lipinski definition) is 1. The van der Waals surface area contributed by atoms with Gasteiger partial charge in [-0.05, 0) is 60.4 Å². The summed E-state index contributed by atoms with van der Waals surface area (Å²) in [5, 5.41) is 2.05. The summed E-state index contributed by atoms with van der Waals surface area (Å²) in [5.74, 6) is 6.95. The van der Waals surface area contributed by atoms with Crippen molar-refractivity contribution in [2.24, 2.45) is 5.73 Å². The summed E-state index contributed by atoms with van der Waals surface area (Å²) in [6.07, 6.45) is 4.99. The molecule has 2 nitrogen and oxygen atoms in total. The summed E-state index contributed by atoms with van der Waals surface area (Å²) in [5.41, 5.74) is 9.39. The normalized spacial score (nSPS) is 13.2. The first-order chi connectivity index (χ1) is 10.4. The fraction of sp³-hybridized carbons (Fsp3) is 0.333. The van der Waals surface area contributed by atoms with E-state index in [0.717, 1.165) is 16.2 Å². The first kappa shape index (κ1) is 14.2. The zero-order valence-electron chi connectivity index (χ0n) is 12.0. The fourth-order valence-electron chi connectivity index (χ4n) is 2.66. The SMILES string of the molecule is NCC#Cc1ccsc1COc1ccc2c(c1)CCCC2. The number of benzene rings is 1. The Morgan fingerprint density at radius 2 is 2.00 bits per heavy atom. The molecule has 2 aromatic rings. The molecule has 0 radical (unpaired) electrons. The molecule has 0 saturated carbocycles. The third-order valence-electron chi connectivity index (χ3n) is 3.76. The minimum absolute atomic E-state index is 0.390. The molecule has 1 aromatic carbocycles. The summed E-state index contributed by atoms with van der Waals surface area (Å²) < 4.78 is 5.95. The predicted octanol–water partition coefficient (Wildman–Crippen LogP) is 3.52. The Bertz CT molecular complexity index is 678. The number of fused-ring (bicyclic) bond motifs is 1. The Labute approximate surface area is 129 Å². The van der Waals surface area contributed by atoms with Gasteiger partial charge in [0.2, 0.25) is 0 Å². The number of hydrogen-bond acceptors (Lipinski definition) is 3. The highest BCUT2D eigenvalue weighted by Gasteiger charge is 2.10. The molecule has 1 aromatic heterocycles. The van der Waals surface area contributed by atoms with Gasteiger partial charge < -0.3 is 10.5 Å². The van der Waals surface area contributed by atoms with E-state index < -0.39 is 0 Å². The molecule has 0 aliphatic heterocycles. The van der Waals surface area contributed by atoms with Crippen molar-refractivity contribution in [3.8, 4) is 17.6 Å². The van der Waals surface area contributed by atoms with Crippen molar-refractivity contribution in [3.63, 3.8) is 0 Å². The first-order valence-electron chi connectivity index (χ1n) is 7.37. The van der Waals surface area contributed by atoms with E-state index >= 15 is 0 Å². The smallest absolute Gasteiger partial charge is 0.124 e. The van der Waals surface area contributed by atoms with Crippen LogP contribution in [0, 0.1) is 11.8 Å². The van der Waals surface area contributed by atoms with Crippen LogP contribution in [0.1, 0.15) is 34.4 Å². The number of rotatable bonds is 3. The summed E-state index contributed by atoms with van der Waals surface area (Å²) in [6, 6.07) is 8.53. The zero-order valence-corrected chi connectivity index (χ0v) is 12.8. The molecule has 3 heteroatoms. The van der Waals surface area contributed by atoms with Gasteiger partial charge in [0.05, 0.1) is 11.4 Å². The van der Waals surface area contributed by atoms with Gasteiger partial charge in [-0.3, -0.25) is 0 Å². The number of thiophene rings is 1. The van der Waals surface area contributed by atoms with Gasteiger partial charge in [-0.1, -0.05) is 17.9 Å². The van der Waals surface area contributed by atoms with Crippen LogP contribution in [0.3, 0.4) is 0 Å². The Balaban J connectivity index is 1.69. The standard InChI is InChI=1S/C18H19NOS/c19-10-3-6-15-9-11-21-18(15)13-20-17-8-7-14-4-1-2-5-16(14)12-17/h7-9,11-12H,1-2,4-5,10,13,19H2. The molecule has 1 aliphatic carbocycles. The summed E-state index contributed by atoms with van der Waals surface area (Å²) >= 11 is 1.68. The van der Waals surface area contributed by atoms with Crippen LogP contribution in [-0.4, -0.2) is 6.54 Å². The maximum atomic E-state index is 5.95. The van der Waals surface area contributed by atoms with Gasteiger partial charge in [0.1, 0.15) is 12.4 Å². The summed E-state index contributed by atoms with van der Waals surface area (Å²) in [7, 11) is 0. The second-order valence-electron chi connectivity index (χ2n) is 5.19. The van der Waals surface area contributed by atoms with Crippen molar-refractivity contribution in [2.45, 2.75) is 32.3 Å². The van der Waals surface area contributed by atoms with Crippen LogP contribution >= 0.6 is 11.3 Å². The van der Waals surface area contributed by atoms with Gasteiger partial charge in [-0.2, -0.15) is 0 Å². The van der Waals surface area contributed by atoms with E-state index in [1.807, 2.05) is 11.4 Å². The van der Waals surface area contributed by atoms with Gasteiger partial charge in [0.25, 0.3) is 0 Å². The highest BCUT2D eigenvalue weighted by molar-refractivity contribution is 7.10. The van der Waals surface area contributed by atoms with Crippen LogP contribution < -0.4 is 10.5 Å². The largest absolute Gasteiger partial charge is 0.488 e. The first-order valence-corrected chi connectivity index (χ1v) is 8.24. The maximum Gasteiger partial charge on any atom is 0.124 e.